The highest BCUT2D eigenvalue weighted by Crippen LogP contribution is 2.51. The lowest BCUT2D eigenvalue weighted by Crippen LogP contribution is -2.61. The van der Waals surface area contributed by atoms with Crippen LogP contribution in [-0.4, -0.2) is 96.4 Å². The molecular formula is C30H37FN8O3S. The van der Waals surface area contributed by atoms with Crippen LogP contribution in [0.5, 0.6) is 6.01 Å². The van der Waals surface area contributed by atoms with Gasteiger partial charge in [-0.25, -0.2) is 4.39 Å². The van der Waals surface area contributed by atoms with E-state index in [1.165, 1.54) is 16.2 Å². The van der Waals surface area contributed by atoms with Gasteiger partial charge in [0.15, 0.2) is 11.6 Å². The van der Waals surface area contributed by atoms with Crippen molar-refractivity contribution in [2.45, 2.75) is 68.2 Å². The quantitative estimate of drug-likeness (QED) is 0.516. The number of halogens is 1. The number of nitriles is 2. The topological polar surface area (TPSA) is 148 Å². The van der Waals surface area contributed by atoms with E-state index in [1.807, 2.05) is 4.90 Å². The molecule has 0 aromatic carbocycles. The third-order valence-corrected chi connectivity index (χ3v) is 11.0. The number of β-amino-alcohol motifs (C(OH)–C–C–N with tert-alkyl or cyclic N) is 1. The number of aliphatic hydroxyl groups is 1. The first-order valence-corrected chi connectivity index (χ1v) is 15.9. The smallest absolute Gasteiger partial charge is 0.320 e. The van der Waals surface area contributed by atoms with Crippen molar-refractivity contribution >= 4 is 28.0 Å². The first-order chi connectivity index (χ1) is 20.7. The number of alkyl halides is 1. The summed E-state index contributed by atoms with van der Waals surface area (Å²) < 4.78 is 26.4. The van der Waals surface area contributed by atoms with E-state index in [4.69, 9.17) is 25.2 Å². The fourth-order valence-corrected chi connectivity index (χ4v) is 9.26. The normalized spacial score (nSPS) is 29.8. The van der Waals surface area contributed by atoms with Gasteiger partial charge in [0.05, 0.1) is 30.9 Å². The number of thiophene rings is 1. The molecule has 0 radical (unpaired) electrons. The zero-order valence-electron chi connectivity index (χ0n) is 24.4. The highest BCUT2D eigenvalue weighted by atomic mass is 32.1. The Morgan fingerprint density at radius 1 is 1.12 bits per heavy atom. The summed E-state index contributed by atoms with van der Waals surface area (Å²) in [5.74, 6) is 0.869. The number of aryl methyl sites for hydroxylation is 1. The zero-order chi connectivity index (χ0) is 30.0. The third-order valence-electron chi connectivity index (χ3n) is 9.94. The molecule has 13 heteroatoms. The van der Waals surface area contributed by atoms with Gasteiger partial charge in [-0.1, -0.05) is 0 Å². The second-order valence-electron chi connectivity index (χ2n) is 13.2. The van der Waals surface area contributed by atoms with E-state index in [2.05, 4.69) is 21.9 Å². The minimum atomic E-state index is -1.13. The first kappa shape index (κ1) is 28.5. The van der Waals surface area contributed by atoms with Crippen molar-refractivity contribution in [2.24, 2.45) is 0 Å². The van der Waals surface area contributed by atoms with Crippen LogP contribution in [0.2, 0.25) is 0 Å². The summed E-state index contributed by atoms with van der Waals surface area (Å²) in [5, 5.41) is 31.9. The average molecular weight is 609 g/mol. The summed E-state index contributed by atoms with van der Waals surface area (Å²) in [4.78, 5) is 16.9. The van der Waals surface area contributed by atoms with Crippen LogP contribution in [0.1, 0.15) is 60.6 Å². The van der Waals surface area contributed by atoms with Crippen LogP contribution in [0.25, 0.3) is 0 Å². The van der Waals surface area contributed by atoms with E-state index in [0.717, 1.165) is 44.2 Å². The molecule has 43 heavy (non-hydrogen) atoms. The molecule has 0 saturated carbocycles. The zero-order valence-corrected chi connectivity index (χ0v) is 25.3. The van der Waals surface area contributed by atoms with Gasteiger partial charge in [-0.3, -0.25) is 4.90 Å². The molecule has 4 fully saturated rings. The lowest BCUT2D eigenvalue weighted by molar-refractivity contribution is -0.0123. The average Bonchev–Trinajstić information content (AvgIpc) is 3.55. The number of nitrogens with zero attached hydrogens (tertiary/aromatic N) is 7. The van der Waals surface area contributed by atoms with Crippen molar-refractivity contribution in [1.82, 2.24) is 14.9 Å². The molecule has 3 N–H and O–H groups in total. The SMILES string of the molecule is C[C@]1(O)COCCN(c2nc(OC[C@@]34CCCN3C[C@H](F)C4)nc(N3CC4(CCCc5sc(N)c(C#N)c54)C3)c2C#N)C1. The number of nitrogen functional groups attached to an aromatic ring is 1. The van der Waals surface area contributed by atoms with Crippen LogP contribution in [0, 0.1) is 22.7 Å². The van der Waals surface area contributed by atoms with E-state index in [9.17, 15) is 20.0 Å². The molecule has 2 aromatic heterocycles. The number of hydrogen-bond donors (Lipinski definition) is 2. The van der Waals surface area contributed by atoms with Crippen molar-refractivity contribution in [3.63, 3.8) is 0 Å². The second-order valence-corrected chi connectivity index (χ2v) is 14.4. The summed E-state index contributed by atoms with van der Waals surface area (Å²) in [7, 11) is 0. The van der Waals surface area contributed by atoms with E-state index >= 15 is 0 Å². The lowest BCUT2D eigenvalue weighted by atomic mass is 9.66. The number of hydrogen-bond acceptors (Lipinski definition) is 12. The summed E-state index contributed by atoms with van der Waals surface area (Å²) in [5.41, 5.74) is 6.47. The van der Waals surface area contributed by atoms with Gasteiger partial charge in [-0.05, 0) is 51.1 Å². The van der Waals surface area contributed by atoms with Crippen LogP contribution < -0.4 is 20.3 Å². The minimum Gasteiger partial charge on any atom is -0.461 e. The summed E-state index contributed by atoms with van der Waals surface area (Å²) in [6.07, 6.45) is 4.27. The number of rotatable bonds is 5. The lowest BCUT2D eigenvalue weighted by Gasteiger charge is -2.53. The Hall–Kier alpha value is -3.23. The maximum atomic E-state index is 14.5. The highest BCUT2D eigenvalue weighted by molar-refractivity contribution is 7.16. The molecule has 7 rings (SSSR count). The van der Waals surface area contributed by atoms with Gasteiger partial charge in [-0.15, -0.1) is 11.3 Å². The Balaban J connectivity index is 1.24. The maximum absolute atomic E-state index is 14.5. The van der Waals surface area contributed by atoms with E-state index < -0.39 is 11.8 Å². The van der Waals surface area contributed by atoms with Crippen molar-refractivity contribution < 1.29 is 19.0 Å². The minimum absolute atomic E-state index is 0.139. The molecule has 1 aliphatic carbocycles. The molecule has 6 heterocycles. The van der Waals surface area contributed by atoms with Gasteiger partial charge in [0.1, 0.15) is 41.1 Å². The molecular weight excluding hydrogens is 571 g/mol. The first-order valence-electron chi connectivity index (χ1n) is 15.1. The van der Waals surface area contributed by atoms with Gasteiger partial charge >= 0.3 is 6.01 Å². The Bertz CT molecular complexity index is 1510. The molecule has 4 saturated heterocycles. The molecule has 0 unspecified atom stereocenters. The molecule has 228 valence electrons. The maximum Gasteiger partial charge on any atom is 0.320 e. The Labute approximate surface area is 254 Å². The highest BCUT2D eigenvalue weighted by Gasteiger charge is 2.52. The van der Waals surface area contributed by atoms with Crippen molar-refractivity contribution in [2.75, 3.05) is 74.6 Å². The second kappa shape index (κ2) is 10.4. The molecule has 11 nitrogen and oxygen atoms in total. The third kappa shape index (κ3) is 4.78. The van der Waals surface area contributed by atoms with Crippen molar-refractivity contribution in [3.05, 3.63) is 21.6 Å². The molecule has 5 aliphatic rings. The van der Waals surface area contributed by atoms with Crippen LogP contribution in [0.3, 0.4) is 0 Å². The van der Waals surface area contributed by atoms with E-state index in [-0.39, 0.29) is 36.7 Å². The van der Waals surface area contributed by atoms with Gasteiger partial charge in [-0.2, -0.15) is 20.5 Å². The predicted octanol–water partition coefficient (Wildman–Crippen LogP) is 2.50. The molecule has 1 spiro atoms. The fraction of sp³-hybridized carbons (Fsp3) is 0.667. The fourth-order valence-electron chi connectivity index (χ4n) is 8.08. The van der Waals surface area contributed by atoms with Crippen LogP contribution in [-0.2, 0) is 16.6 Å². The number of anilines is 3. The predicted molar refractivity (Wildman–Crippen MR) is 159 cm³/mol. The largest absolute Gasteiger partial charge is 0.461 e. The summed E-state index contributed by atoms with van der Waals surface area (Å²) in [6, 6.07) is 4.83. The molecule has 0 bridgehead atoms. The number of fused-ring (bicyclic) bond motifs is 3. The number of aromatic nitrogens is 2. The van der Waals surface area contributed by atoms with Crippen LogP contribution in [0.15, 0.2) is 0 Å². The van der Waals surface area contributed by atoms with Gasteiger partial charge in [0.25, 0.3) is 0 Å². The number of ether oxygens (including phenoxy) is 2. The van der Waals surface area contributed by atoms with E-state index in [0.29, 0.717) is 67.0 Å². The van der Waals surface area contributed by atoms with Crippen molar-refractivity contribution in [3.8, 4) is 18.1 Å². The number of nitrogens with two attached hydrogens (primary N) is 1. The molecule has 3 atom stereocenters. The van der Waals surface area contributed by atoms with Crippen LogP contribution in [0.4, 0.5) is 21.0 Å². The summed E-state index contributed by atoms with van der Waals surface area (Å²) >= 11 is 1.51. The molecule has 4 aliphatic heterocycles. The molecule has 2 aromatic rings. The molecule has 0 amide bonds. The standard InChI is InChI=1S/C30H37FN8O3S/c1-28(40)14-37(8-9-41-17-28)25-21(12-33)26(36-27(35-25)42-18-30-6-3-7-39(30)13-19(31)10-30)38-15-29(16-38)5-2-4-22-23(29)20(11-32)24(34)43-22/h19,40H,2-10,13-18,34H2,1H3/t19-,28-,30+/m1/s1. The van der Waals surface area contributed by atoms with Crippen LogP contribution >= 0.6 is 11.3 Å². The van der Waals surface area contributed by atoms with Gasteiger partial charge in [0.2, 0.25) is 0 Å². The van der Waals surface area contributed by atoms with E-state index in [1.54, 1.807) is 6.92 Å². The monoisotopic (exact) mass is 608 g/mol. The Kier molecular flexibility index (Phi) is 6.93. The van der Waals surface area contributed by atoms with Crippen molar-refractivity contribution in [1.29, 1.82) is 10.5 Å². The van der Waals surface area contributed by atoms with Gasteiger partial charge < -0.3 is 30.1 Å². The van der Waals surface area contributed by atoms with Gasteiger partial charge in [0, 0.05) is 42.9 Å². The summed E-state index contributed by atoms with van der Waals surface area (Å²) in [6.45, 7) is 5.66. The Morgan fingerprint density at radius 3 is 2.65 bits per heavy atom. The Morgan fingerprint density at radius 2 is 1.88 bits per heavy atom.